The van der Waals surface area contributed by atoms with Gasteiger partial charge in [-0.2, -0.15) is 0 Å². The van der Waals surface area contributed by atoms with Crippen LogP contribution in [0.4, 0.5) is 0 Å². The van der Waals surface area contributed by atoms with Crippen LogP contribution in [0.1, 0.15) is 31.4 Å². The van der Waals surface area contributed by atoms with Crippen molar-refractivity contribution in [1.82, 2.24) is 0 Å². The maximum Gasteiger partial charge on any atom is 0.118 e. The number of rotatable bonds is 6. The first kappa shape index (κ1) is 13.5. The zero-order valence-electron chi connectivity index (χ0n) is 10.5. The zero-order valence-corrected chi connectivity index (χ0v) is 10.5. The molecule has 2 nitrogen and oxygen atoms in total. The summed E-state index contributed by atoms with van der Waals surface area (Å²) in [6, 6.07) is 7.50. The van der Waals surface area contributed by atoms with Crippen molar-refractivity contribution in [3.63, 3.8) is 0 Å². The molecule has 92 valence electrons. The van der Waals surface area contributed by atoms with Crippen LogP contribution in [0.15, 0.2) is 48.6 Å². The number of hydrogen-bond donors (Lipinski definition) is 1. The average molecular weight is 232 g/mol. The fourth-order valence-electron chi connectivity index (χ4n) is 1.59. The molecule has 2 heteroatoms. The molecule has 1 atom stereocenters. The number of aliphatic hydroxyl groups is 1. The third kappa shape index (κ3) is 4.45. The summed E-state index contributed by atoms with van der Waals surface area (Å²) in [7, 11) is 1.63. The van der Waals surface area contributed by atoms with Crippen molar-refractivity contribution in [2.45, 2.75) is 25.9 Å². The summed E-state index contributed by atoms with van der Waals surface area (Å²) in [4.78, 5) is 0. The van der Waals surface area contributed by atoms with Crippen LogP contribution in [0.25, 0.3) is 0 Å². The Bertz CT molecular complexity index is 376. The molecule has 0 aliphatic heterocycles. The van der Waals surface area contributed by atoms with E-state index in [1.54, 1.807) is 7.11 Å². The van der Waals surface area contributed by atoms with Gasteiger partial charge in [-0.25, -0.2) is 0 Å². The van der Waals surface area contributed by atoms with Gasteiger partial charge in [0.15, 0.2) is 0 Å². The van der Waals surface area contributed by atoms with E-state index in [2.05, 4.69) is 12.7 Å². The molecule has 1 N–H and O–H groups in total. The smallest absolute Gasteiger partial charge is 0.118 e. The number of hydrogen-bond acceptors (Lipinski definition) is 2. The molecule has 0 heterocycles. The van der Waals surface area contributed by atoms with E-state index < -0.39 is 6.10 Å². The molecule has 0 spiro atoms. The van der Waals surface area contributed by atoms with Crippen LogP contribution in [0.3, 0.4) is 0 Å². The van der Waals surface area contributed by atoms with Crippen LogP contribution in [0, 0.1) is 0 Å². The highest BCUT2D eigenvalue weighted by Crippen LogP contribution is 2.21. The lowest BCUT2D eigenvalue weighted by Gasteiger charge is -2.09. The highest BCUT2D eigenvalue weighted by molar-refractivity contribution is 5.28. The lowest BCUT2D eigenvalue weighted by atomic mass is 10.0. The van der Waals surface area contributed by atoms with E-state index in [1.807, 2.05) is 37.3 Å². The molecule has 0 bridgehead atoms. The Kier molecular flexibility index (Phi) is 5.50. The summed E-state index contributed by atoms with van der Waals surface area (Å²) in [5.41, 5.74) is 2.14. The molecule has 17 heavy (non-hydrogen) atoms. The average Bonchev–Trinajstić information content (AvgIpc) is 2.36. The molecule has 0 aliphatic carbocycles. The minimum absolute atomic E-state index is 0.458. The van der Waals surface area contributed by atoms with Gasteiger partial charge < -0.3 is 9.84 Å². The topological polar surface area (TPSA) is 29.5 Å². The Hall–Kier alpha value is -1.54. The van der Waals surface area contributed by atoms with Gasteiger partial charge in [-0.05, 0) is 37.5 Å². The quantitative estimate of drug-likeness (QED) is 0.759. The van der Waals surface area contributed by atoms with Crippen LogP contribution in [-0.4, -0.2) is 12.2 Å². The van der Waals surface area contributed by atoms with Crippen molar-refractivity contribution in [2.75, 3.05) is 7.11 Å². The third-order valence-corrected chi connectivity index (χ3v) is 2.66. The number of ether oxygens (including phenoxy) is 1. The molecular formula is C15H20O2. The highest BCUT2D eigenvalue weighted by atomic mass is 16.5. The summed E-state index contributed by atoms with van der Waals surface area (Å²) in [5, 5.41) is 9.99. The molecule has 0 unspecified atom stereocenters. The van der Waals surface area contributed by atoms with Crippen molar-refractivity contribution < 1.29 is 9.84 Å². The second kappa shape index (κ2) is 6.92. The van der Waals surface area contributed by atoms with Gasteiger partial charge in [0.1, 0.15) is 5.75 Å². The van der Waals surface area contributed by atoms with E-state index in [4.69, 9.17) is 4.74 Å². The standard InChI is InChI=1S/C15H20O2/c1-4-5-12(2)6-11-15(16)13-7-9-14(17-3)10-8-13/h4,6-10,15-16H,1,5,11H2,2-3H3/b12-6-/t15-/m1/s1. The van der Waals surface area contributed by atoms with E-state index in [9.17, 15) is 5.11 Å². The molecule has 0 amide bonds. The lowest BCUT2D eigenvalue weighted by Crippen LogP contribution is -1.96. The van der Waals surface area contributed by atoms with Crippen LogP contribution in [0.2, 0.25) is 0 Å². The fraction of sp³-hybridized carbons (Fsp3) is 0.333. The molecule has 0 fully saturated rings. The van der Waals surface area contributed by atoms with Crippen LogP contribution >= 0.6 is 0 Å². The first-order chi connectivity index (χ1) is 8.17. The van der Waals surface area contributed by atoms with Gasteiger partial charge >= 0.3 is 0 Å². The SMILES string of the molecule is C=CC/C(C)=C\C[C@@H](O)c1ccc(OC)cc1. The number of benzene rings is 1. The Labute approximate surface area is 103 Å². The Morgan fingerprint density at radius 2 is 2.06 bits per heavy atom. The summed E-state index contributed by atoms with van der Waals surface area (Å²) in [6.45, 7) is 5.73. The van der Waals surface area contributed by atoms with Gasteiger partial charge in [0, 0.05) is 0 Å². The van der Waals surface area contributed by atoms with Crippen LogP contribution in [0.5, 0.6) is 5.75 Å². The van der Waals surface area contributed by atoms with E-state index in [0.717, 1.165) is 17.7 Å². The van der Waals surface area contributed by atoms with E-state index >= 15 is 0 Å². The Morgan fingerprint density at radius 3 is 2.59 bits per heavy atom. The second-order valence-corrected chi connectivity index (χ2v) is 4.07. The summed E-state index contributed by atoms with van der Waals surface area (Å²) in [5.74, 6) is 0.805. The second-order valence-electron chi connectivity index (χ2n) is 4.07. The summed E-state index contributed by atoms with van der Waals surface area (Å²) >= 11 is 0. The lowest BCUT2D eigenvalue weighted by molar-refractivity contribution is 0.181. The minimum Gasteiger partial charge on any atom is -0.497 e. The van der Waals surface area contributed by atoms with Crippen LogP contribution < -0.4 is 4.74 Å². The third-order valence-electron chi connectivity index (χ3n) is 2.66. The molecule has 1 aromatic rings. The fourth-order valence-corrected chi connectivity index (χ4v) is 1.59. The van der Waals surface area contributed by atoms with Gasteiger partial charge in [0.05, 0.1) is 13.2 Å². The number of methoxy groups -OCH3 is 1. The first-order valence-electron chi connectivity index (χ1n) is 5.76. The van der Waals surface area contributed by atoms with Crippen molar-refractivity contribution in [1.29, 1.82) is 0 Å². The summed E-state index contributed by atoms with van der Waals surface area (Å²) in [6.07, 6.45) is 4.96. The molecule has 0 aromatic heterocycles. The van der Waals surface area contributed by atoms with Crippen molar-refractivity contribution in [3.8, 4) is 5.75 Å². The number of allylic oxidation sites excluding steroid dienone is 2. The van der Waals surface area contributed by atoms with Gasteiger partial charge in [0.2, 0.25) is 0 Å². The normalized spacial score (nSPS) is 13.2. The molecule has 0 saturated carbocycles. The number of aliphatic hydroxyl groups excluding tert-OH is 1. The first-order valence-corrected chi connectivity index (χ1v) is 5.76. The Morgan fingerprint density at radius 1 is 1.41 bits per heavy atom. The maximum absolute atomic E-state index is 9.99. The predicted molar refractivity (Wildman–Crippen MR) is 71.1 cm³/mol. The molecule has 0 radical (unpaired) electrons. The molecule has 1 aromatic carbocycles. The maximum atomic E-state index is 9.99. The van der Waals surface area contributed by atoms with Crippen molar-refractivity contribution >= 4 is 0 Å². The summed E-state index contributed by atoms with van der Waals surface area (Å²) < 4.78 is 5.07. The Balaban J connectivity index is 2.59. The molecular weight excluding hydrogens is 212 g/mol. The molecule has 1 rings (SSSR count). The van der Waals surface area contributed by atoms with Gasteiger partial charge in [0.25, 0.3) is 0 Å². The van der Waals surface area contributed by atoms with Gasteiger partial charge in [-0.3, -0.25) is 0 Å². The van der Waals surface area contributed by atoms with Crippen molar-refractivity contribution in [3.05, 3.63) is 54.1 Å². The van der Waals surface area contributed by atoms with Crippen molar-refractivity contribution in [2.24, 2.45) is 0 Å². The van der Waals surface area contributed by atoms with Gasteiger partial charge in [-0.15, -0.1) is 6.58 Å². The largest absolute Gasteiger partial charge is 0.497 e. The van der Waals surface area contributed by atoms with E-state index in [-0.39, 0.29) is 0 Å². The van der Waals surface area contributed by atoms with Crippen LogP contribution in [-0.2, 0) is 0 Å². The predicted octanol–water partition coefficient (Wildman–Crippen LogP) is 3.64. The molecule has 0 saturated heterocycles. The monoisotopic (exact) mass is 232 g/mol. The minimum atomic E-state index is -0.458. The van der Waals surface area contributed by atoms with E-state index in [1.165, 1.54) is 5.57 Å². The molecule has 0 aliphatic rings. The zero-order chi connectivity index (χ0) is 12.7. The highest BCUT2D eigenvalue weighted by Gasteiger charge is 2.05. The van der Waals surface area contributed by atoms with Gasteiger partial charge in [-0.1, -0.05) is 29.9 Å². The van der Waals surface area contributed by atoms with E-state index in [0.29, 0.717) is 6.42 Å².